The van der Waals surface area contributed by atoms with E-state index in [4.69, 9.17) is 15.2 Å². The summed E-state index contributed by atoms with van der Waals surface area (Å²) in [7, 11) is 1.59. The highest BCUT2D eigenvalue weighted by molar-refractivity contribution is 5.95. The lowest BCUT2D eigenvalue weighted by atomic mass is 10.1. The Hall–Kier alpha value is -3.06. The van der Waals surface area contributed by atoms with Crippen molar-refractivity contribution in [1.29, 1.82) is 0 Å². The first-order valence-electron chi connectivity index (χ1n) is 8.64. The maximum atomic E-state index is 11.9. The number of anilines is 1. The van der Waals surface area contributed by atoms with Crippen LogP contribution in [0.4, 0.5) is 5.69 Å². The van der Waals surface area contributed by atoms with Gasteiger partial charge in [-0.15, -0.1) is 0 Å². The number of benzene rings is 2. The predicted molar refractivity (Wildman–Crippen MR) is 104 cm³/mol. The molecule has 0 bridgehead atoms. The molecule has 144 valence electrons. The molecular weight excluding hydrogens is 346 g/mol. The number of methoxy groups -OCH3 is 1. The average molecular weight is 371 g/mol. The molecule has 0 fully saturated rings. The third-order valence-corrected chi connectivity index (χ3v) is 3.86. The van der Waals surface area contributed by atoms with E-state index in [0.717, 1.165) is 0 Å². The fraction of sp³-hybridized carbons (Fsp3) is 0.300. The van der Waals surface area contributed by atoms with Crippen LogP contribution < -0.4 is 25.8 Å². The Bertz CT molecular complexity index is 775. The summed E-state index contributed by atoms with van der Waals surface area (Å²) >= 11 is 0. The second-order valence-electron chi connectivity index (χ2n) is 6.34. The number of rotatable bonds is 8. The first-order chi connectivity index (χ1) is 12.9. The molecule has 0 aliphatic rings. The number of carbonyl (C=O) groups is 2. The van der Waals surface area contributed by atoms with Crippen molar-refractivity contribution in [3.63, 3.8) is 0 Å². The Kier molecular flexibility index (Phi) is 7.19. The summed E-state index contributed by atoms with van der Waals surface area (Å²) in [6, 6.07) is 13.5. The Morgan fingerprint density at radius 2 is 1.70 bits per heavy atom. The summed E-state index contributed by atoms with van der Waals surface area (Å²) in [6.07, 6.45) is 0. The van der Waals surface area contributed by atoms with Gasteiger partial charge in [0, 0.05) is 11.8 Å². The van der Waals surface area contributed by atoms with E-state index in [1.165, 1.54) is 0 Å². The zero-order valence-electron chi connectivity index (χ0n) is 15.7. The predicted octanol–water partition coefficient (Wildman–Crippen LogP) is 2.53. The van der Waals surface area contributed by atoms with Gasteiger partial charge in [0.1, 0.15) is 17.2 Å². The van der Waals surface area contributed by atoms with Crippen LogP contribution in [-0.2, 0) is 9.59 Å². The van der Waals surface area contributed by atoms with Crippen LogP contribution in [0, 0.1) is 5.92 Å². The van der Waals surface area contributed by atoms with E-state index in [1.807, 2.05) is 32.0 Å². The minimum Gasteiger partial charge on any atom is -0.497 e. The van der Waals surface area contributed by atoms with Crippen molar-refractivity contribution in [2.24, 2.45) is 11.7 Å². The molecule has 0 aromatic heterocycles. The van der Waals surface area contributed by atoms with Crippen LogP contribution in [-0.4, -0.2) is 31.5 Å². The molecule has 4 N–H and O–H groups in total. The molecule has 0 radical (unpaired) electrons. The lowest BCUT2D eigenvalue weighted by molar-refractivity contribution is -0.125. The monoisotopic (exact) mass is 371 g/mol. The number of nitrogens with one attached hydrogen (secondary N) is 2. The quantitative estimate of drug-likeness (QED) is 0.662. The topological polar surface area (TPSA) is 103 Å². The smallest absolute Gasteiger partial charge is 0.243 e. The van der Waals surface area contributed by atoms with E-state index in [0.29, 0.717) is 22.9 Å². The summed E-state index contributed by atoms with van der Waals surface area (Å²) in [5, 5.41) is 5.23. The van der Waals surface area contributed by atoms with Gasteiger partial charge in [0.2, 0.25) is 11.8 Å². The van der Waals surface area contributed by atoms with E-state index < -0.39 is 6.04 Å². The largest absolute Gasteiger partial charge is 0.497 e. The minimum absolute atomic E-state index is 0.00480. The van der Waals surface area contributed by atoms with Crippen molar-refractivity contribution >= 4 is 17.5 Å². The number of carbonyl (C=O) groups excluding carboxylic acids is 2. The van der Waals surface area contributed by atoms with Crippen LogP contribution in [0.25, 0.3) is 0 Å². The van der Waals surface area contributed by atoms with Crippen molar-refractivity contribution < 1.29 is 19.1 Å². The molecule has 2 amide bonds. The minimum atomic E-state index is -0.633. The maximum Gasteiger partial charge on any atom is 0.243 e. The normalized spacial score (nSPS) is 11.6. The van der Waals surface area contributed by atoms with Gasteiger partial charge in [-0.1, -0.05) is 19.9 Å². The second-order valence-corrected chi connectivity index (χ2v) is 6.34. The molecule has 27 heavy (non-hydrogen) atoms. The third kappa shape index (κ3) is 6.31. The molecule has 7 heteroatoms. The standard InChI is InChI=1S/C20H25N3O4/c1-13(2)19(21)20(25)22-12-18(24)23-14-7-9-15(10-8-14)27-17-6-4-5-16(11-17)26-3/h4-11,13,19H,12,21H2,1-3H3,(H,22,25)(H,23,24)/t19-/m0/s1. The lowest BCUT2D eigenvalue weighted by Crippen LogP contribution is -2.46. The first kappa shape index (κ1) is 20.3. The molecule has 0 heterocycles. The van der Waals surface area contributed by atoms with Gasteiger partial charge < -0.3 is 25.8 Å². The Labute approximate surface area is 158 Å². The van der Waals surface area contributed by atoms with Crippen molar-refractivity contribution in [1.82, 2.24) is 5.32 Å². The van der Waals surface area contributed by atoms with Crippen molar-refractivity contribution in [2.45, 2.75) is 19.9 Å². The van der Waals surface area contributed by atoms with Gasteiger partial charge in [-0.3, -0.25) is 9.59 Å². The SMILES string of the molecule is COc1cccc(Oc2ccc(NC(=O)CNC(=O)[C@@H](N)C(C)C)cc2)c1. The maximum absolute atomic E-state index is 11.9. The van der Waals surface area contributed by atoms with E-state index in [1.54, 1.807) is 37.4 Å². The van der Waals surface area contributed by atoms with E-state index in [-0.39, 0.29) is 24.3 Å². The summed E-state index contributed by atoms with van der Waals surface area (Å²) in [5.74, 6) is 1.30. The van der Waals surface area contributed by atoms with Crippen LogP contribution in [0.2, 0.25) is 0 Å². The summed E-state index contributed by atoms with van der Waals surface area (Å²) in [4.78, 5) is 23.7. The average Bonchev–Trinajstić information content (AvgIpc) is 2.67. The van der Waals surface area contributed by atoms with Crippen LogP contribution in [0.5, 0.6) is 17.2 Å². The zero-order valence-corrected chi connectivity index (χ0v) is 15.7. The zero-order chi connectivity index (χ0) is 19.8. The van der Waals surface area contributed by atoms with Gasteiger partial charge >= 0.3 is 0 Å². The molecule has 0 aliphatic carbocycles. The van der Waals surface area contributed by atoms with E-state index in [2.05, 4.69) is 10.6 Å². The van der Waals surface area contributed by atoms with Crippen LogP contribution in [0.1, 0.15) is 13.8 Å². The number of ether oxygens (including phenoxy) is 2. The second kappa shape index (κ2) is 9.59. The van der Waals surface area contributed by atoms with E-state index in [9.17, 15) is 9.59 Å². The molecule has 0 aliphatic heterocycles. The number of amides is 2. The molecule has 0 unspecified atom stereocenters. The Balaban J connectivity index is 1.86. The van der Waals surface area contributed by atoms with Gasteiger partial charge in [0.15, 0.2) is 0 Å². The molecular formula is C20H25N3O4. The van der Waals surface area contributed by atoms with Gasteiger partial charge in [-0.2, -0.15) is 0 Å². The fourth-order valence-corrected chi connectivity index (χ4v) is 2.20. The van der Waals surface area contributed by atoms with Gasteiger partial charge in [0.05, 0.1) is 19.7 Å². The molecule has 0 saturated heterocycles. The number of hydrogen-bond donors (Lipinski definition) is 3. The molecule has 2 rings (SSSR count). The van der Waals surface area contributed by atoms with Gasteiger partial charge in [-0.05, 0) is 42.3 Å². The molecule has 7 nitrogen and oxygen atoms in total. The first-order valence-corrected chi connectivity index (χ1v) is 8.64. The highest BCUT2D eigenvalue weighted by Crippen LogP contribution is 2.26. The number of hydrogen-bond acceptors (Lipinski definition) is 5. The molecule has 1 atom stereocenters. The van der Waals surface area contributed by atoms with Gasteiger partial charge in [-0.25, -0.2) is 0 Å². The van der Waals surface area contributed by atoms with Gasteiger partial charge in [0.25, 0.3) is 0 Å². The molecule has 0 spiro atoms. The summed E-state index contributed by atoms with van der Waals surface area (Å²) in [5.41, 5.74) is 6.33. The molecule has 2 aromatic rings. The molecule has 2 aromatic carbocycles. The van der Waals surface area contributed by atoms with Crippen LogP contribution in [0.3, 0.4) is 0 Å². The Morgan fingerprint density at radius 3 is 2.33 bits per heavy atom. The van der Waals surface area contributed by atoms with Crippen molar-refractivity contribution in [2.75, 3.05) is 19.0 Å². The number of nitrogens with two attached hydrogens (primary N) is 1. The highest BCUT2D eigenvalue weighted by atomic mass is 16.5. The summed E-state index contributed by atoms with van der Waals surface area (Å²) < 4.78 is 10.9. The van der Waals surface area contributed by atoms with Crippen LogP contribution >= 0.6 is 0 Å². The van der Waals surface area contributed by atoms with Crippen LogP contribution in [0.15, 0.2) is 48.5 Å². The Morgan fingerprint density at radius 1 is 1.04 bits per heavy atom. The third-order valence-electron chi connectivity index (χ3n) is 3.86. The van der Waals surface area contributed by atoms with Crippen molar-refractivity contribution in [3.8, 4) is 17.2 Å². The molecule has 0 saturated carbocycles. The van der Waals surface area contributed by atoms with Crippen molar-refractivity contribution in [3.05, 3.63) is 48.5 Å². The van der Waals surface area contributed by atoms with E-state index >= 15 is 0 Å². The summed E-state index contributed by atoms with van der Waals surface area (Å²) in [6.45, 7) is 3.56. The fourth-order valence-electron chi connectivity index (χ4n) is 2.20. The lowest BCUT2D eigenvalue weighted by Gasteiger charge is -2.15. The highest BCUT2D eigenvalue weighted by Gasteiger charge is 2.17.